The minimum atomic E-state index is -0.306. The fourth-order valence-electron chi connectivity index (χ4n) is 2.41. The number of amides is 2. The maximum absolute atomic E-state index is 12.4. The standard InChI is InChI=1S/C15H20N2O2/c1-2-10-16-15(19)17-11-6-9-13(17)14(18)12-7-4-3-5-8-12/h3-5,7-8,13H,2,6,9-11H2,1H3,(H,16,19). The van der Waals surface area contributed by atoms with Crippen molar-refractivity contribution in [1.29, 1.82) is 0 Å². The predicted molar refractivity (Wildman–Crippen MR) is 74.2 cm³/mol. The van der Waals surface area contributed by atoms with Crippen LogP contribution < -0.4 is 5.32 Å². The summed E-state index contributed by atoms with van der Waals surface area (Å²) in [4.78, 5) is 26.1. The molecular weight excluding hydrogens is 240 g/mol. The van der Waals surface area contributed by atoms with Crippen molar-refractivity contribution in [2.24, 2.45) is 0 Å². The number of likely N-dealkylation sites (tertiary alicyclic amines) is 1. The van der Waals surface area contributed by atoms with Gasteiger partial charge in [0, 0.05) is 18.7 Å². The van der Waals surface area contributed by atoms with Crippen molar-refractivity contribution in [2.45, 2.75) is 32.2 Å². The van der Waals surface area contributed by atoms with Gasteiger partial charge in [-0.3, -0.25) is 4.79 Å². The number of urea groups is 1. The van der Waals surface area contributed by atoms with Crippen LogP contribution in [0.1, 0.15) is 36.5 Å². The van der Waals surface area contributed by atoms with E-state index in [1.54, 1.807) is 4.90 Å². The molecule has 2 amide bonds. The quantitative estimate of drug-likeness (QED) is 0.845. The summed E-state index contributed by atoms with van der Waals surface area (Å²) in [6, 6.07) is 8.78. The molecule has 4 heteroatoms. The van der Waals surface area contributed by atoms with E-state index >= 15 is 0 Å². The smallest absolute Gasteiger partial charge is 0.318 e. The van der Waals surface area contributed by atoms with Gasteiger partial charge in [-0.15, -0.1) is 0 Å². The molecule has 1 aliphatic heterocycles. The lowest BCUT2D eigenvalue weighted by Gasteiger charge is -2.24. The van der Waals surface area contributed by atoms with Gasteiger partial charge < -0.3 is 10.2 Å². The molecule has 2 rings (SSSR count). The van der Waals surface area contributed by atoms with Gasteiger partial charge in [-0.05, 0) is 19.3 Å². The third-order valence-corrected chi connectivity index (χ3v) is 3.40. The average molecular weight is 260 g/mol. The Bertz CT molecular complexity index is 445. The van der Waals surface area contributed by atoms with Crippen molar-refractivity contribution in [3.63, 3.8) is 0 Å². The van der Waals surface area contributed by atoms with Crippen LogP contribution in [0.2, 0.25) is 0 Å². The summed E-state index contributed by atoms with van der Waals surface area (Å²) in [5.41, 5.74) is 0.683. The Hall–Kier alpha value is -1.84. The molecule has 0 saturated carbocycles. The van der Waals surface area contributed by atoms with Crippen molar-refractivity contribution in [3.05, 3.63) is 35.9 Å². The molecule has 0 bridgehead atoms. The number of carbonyl (C=O) groups is 2. The summed E-state index contributed by atoms with van der Waals surface area (Å²) in [7, 11) is 0. The van der Waals surface area contributed by atoms with Gasteiger partial charge in [0.2, 0.25) is 0 Å². The zero-order valence-electron chi connectivity index (χ0n) is 11.3. The average Bonchev–Trinajstić information content (AvgIpc) is 2.94. The minimum Gasteiger partial charge on any atom is -0.338 e. The molecular formula is C15H20N2O2. The molecule has 1 saturated heterocycles. The monoisotopic (exact) mass is 260 g/mol. The number of nitrogens with zero attached hydrogens (tertiary/aromatic N) is 1. The second-order valence-electron chi connectivity index (χ2n) is 4.81. The first-order valence-electron chi connectivity index (χ1n) is 6.87. The van der Waals surface area contributed by atoms with Gasteiger partial charge >= 0.3 is 6.03 Å². The summed E-state index contributed by atoms with van der Waals surface area (Å²) in [6.45, 7) is 3.33. The largest absolute Gasteiger partial charge is 0.338 e. The highest BCUT2D eigenvalue weighted by Gasteiger charge is 2.34. The lowest BCUT2D eigenvalue weighted by Crippen LogP contribution is -2.46. The number of nitrogens with one attached hydrogen (secondary N) is 1. The van der Waals surface area contributed by atoms with Crippen LogP contribution in [0.5, 0.6) is 0 Å². The Morgan fingerprint density at radius 1 is 1.32 bits per heavy atom. The lowest BCUT2D eigenvalue weighted by molar-refractivity contribution is 0.0887. The van der Waals surface area contributed by atoms with Crippen molar-refractivity contribution in [3.8, 4) is 0 Å². The van der Waals surface area contributed by atoms with E-state index in [1.807, 2.05) is 37.3 Å². The van der Waals surface area contributed by atoms with E-state index in [0.29, 0.717) is 18.7 Å². The minimum absolute atomic E-state index is 0.0461. The molecule has 0 spiro atoms. The molecule has 1 aliphatic rings. The molecule has 1 atom stereocenters. The molecule has 1 heterocycles. The SMILES string of the molecule is CCCNC(=O)N1CCCC1C(=O)c1ccccc1. The number of hydrogen-bond donors (Lipinski definition) is 1. The molecule has 102 valence electrons. The summed E-state index contributed by atoms with van der Waals surface area (Å²) < 4.78 is 0. The Labute approximate surface area is 113 Å². The fourth-order valence-corrected chi connectivity index (χ4v) is 2.41. The summed E-state index contributed by atoms with van der Waals surface area (Å²) in [5.74, 6) is 0.0461. The molecule has 0 aliphatic carbocycles. The Morgan fingerprint density at radius 2 is 2.05 bits per heavy atom. The van der Waals surface area contributed by atoms with Crippen LogP contribution in [0, 0.1) is 0 Å². The van der Waals surface area contributed by atoms with Crippen molar-refractivity contribution in [1.82, 2.24) is 10.2 Å². The predicted octanol–water partition coefficient (Wildman–Crippen LogP) is 2.45. The van der Waals surface area contributed by atoms with Crippen molar-refractivity contribution in [2.75, 3.05) is 13.1 Å². The van der Waals surface area contributed by atoms with Crippen LogP contribution >= 0.6 is 0 Å². The number of hydrogen-bond acceptors (Lipinski definition) is 2. The molecule has 0 radical (unpaired) electrons. The van der Waals surface area contributed by atoms with Gasteiger partial charge in [0.05, 0.1) is 6.04 Å². The van der Waals surface area contributed by atoms with Crippen LogP contribution in [0.3, 0.4) is 0 Å². The molecule has 1 N–H and O–H groups in total. The van der Waals surface area contributed by atoms with Gasteiger partial charge in [-0.2, -0.15) is 0 Å². The van der Waals surface area contributed by atoms with Gasteiger partial charge in [-0.1, -0.05) is 37.3 Å². The van der Waals surface area contributed by atoms with E-state index in [9.17, 15) is 9.59 Å². The fraction of sp³-hybridized carbons (Fsp3) is 0.467. The van der Waals surface area contributed by atoms with E-state index < -0.39 is 0 Å². The van der Waals surface area contributed by atoms with Crippen LogP contribution in [0.15, 0.2) is 30.3 Å². The van der Waals surface area contributed by atoms with Crippen LogP contribution in [0.4, 0.5) is 4.79 Å². The zero-order valence-corrected chi connectivity index (χ0v) is 11.3. The number of benzene rings is 1. The van der Waals surface area contributed by atoms with Crippen molar-refractivity contribution >= 4 is 11.8 Å². The highest BCUT2D eigenvalue weighted by molar-refractivity contribution is 6.02. The zero-order chi connectivity index (χ0) is 13.7. The van der Waals surface area contributed by atoms with Crippen LogP contribution in [-0.2, 0) is 0 Å². The molecule has 1 aromatic carbocycles. The second-order valence-corrected chi connectivity index (χ2v) is 4.81. The Kier molecular flexibility index (Phi) is 4.55. The Morgan fingerprint density at radius 3 is 2.74 bits per heavy atom. The van der Waals surface area contributed by atoms with Gasteiger partial charge in [0.25, 0.3) is 0 Å². The van der Waals surface area contributed by atoms with Crippen LogP contribution in [0.25, 0.3) is 0 Å². The van der Waals surface area contributed by atoms with E-state index in [4.69, 9.17) is 0 Å². The molecule has 19 heavy (non-hydrogen) atoms. The first kappa shape index (κ1) is 13.6. The molecule has 1 fully saturated rings. The third-order valence-electron chi connectivity index (χ3n) is 3.40. The number of carbonyl (C=O) groups excluding carboxylic acids is 2. The van der Waals surface area contributed by atoms with E-state index in [-0.39, 0.29) is 17.9 Å². The first-order chi connectivity index (χ1) is 9.24. The highest BCUT2D eigenvalue weighted by atomic mass is 16.2. The third kappa shape index (κ3) is 3.13. The topological polar surface area (TPSA) is 49.4 Å². The van der Waals surface area contributed by atoms with Gasteiger partial charge in [0.1, 0.15) is 0 Å². The molecule has 0 aromatic heterocycles. The van der Waals surface area contributed by atoms with Gasteiger partial charge in [0.15, 0.2) is 5.78 Å². The normalized spacial score (nSPS) is 18.4. The summed E-state index contributed by atoms with van der Waals surface area (Å²) >= 11 is 0. The maximum atomic E-state index is 12.4. The Balaban J connectivity index is 2.06. The molecule has 1 aromatic rings. The number of ketones is 1. The summed E-state index contributed by atoms with van der Waals surface area (Å²) in [5, 5.41) is 2.85. The molecule has 4 nitrogen and oxygen atoms in total. The number of Topliss-reactive ketones (excluding diaryl/α,β-unsaturated/α-hetero) is 1. The highest BCUT2D eigenvalue weighted by Crippen LogP contribution is 2.21. The lowest BCUT2D eigenvalue weighted by atomic mass is 10.0. The first-order valence-corrected chi connectivity index (χ1v) is 6.87. The second kappa shape index (κ2) is 6.36. The van der Waals surface area contributed by atoms with E-state index in [0.717, 1.165) is 19.3 Å². The van der Waals surface area contributed by atoms with E-state index in [2.05, 4.69) is 5.32 Å². The molecule has 1 unspecified atom stereocenters. The maximum Gasteiger partial charge on any atom is 0.318 e. The summed E-state index contributed by atoms with van der Waals surface area (Å²) in [6.07, 6.45) is 2.55. The van der Waals surface area contributed by atoms with Gasteiger partial charge in [-0.25, -0.2) is 4.79 Å². The van der Waals surface area contributed by atoms with E-state index in [1.165, 1.54) is 0 Å². The van der Waals surface area contributed by atoms with Crippen LogP contribution in [-0.4, -0.2) is 35.8 Å². The van der Waals surface area contributed by atoms with Crippen molar-refractivity contribution < 1.29 is 9.59 Å². The number of rotatable bonds is 4.